The van der Waals surface area contributed by atoms with Crippen LogP contribution in [-0.2, 0) is 0 Å². The number of benzene rings is 2. The molecule has 4 nitrogen and oxygen atoms in total. The number of carbonyl (C=O) groups excluding carboxylic acids is 1. The third-order valence-electron chi connectivity index (χ3n) is 3.10. The van der Waals surface area contributed by atoms with Crippen molar-refractivity contribution in [3.8, 4) is 11.5 Å². The number of hydrogen-bond donors (Lipinski definition) is 1. The van der Waals surface area contributed by atoms with Gasteiger partial charge in [0.1, 0.15) is 17.3 Å². The summed E-state index contributed by atoms with van der Waals surface area (Å²) in [5.41, 5.74) is 1.57. The Morgan fingerprint density at radius 3 is 2.24 bits per heavy atom. The van der Waals surface area contributed by atoms with E-state index in [0.29, 0.717) is 22.7 Å². The second-order valence-electron chi connectivity index (χ2n) is 4.47. The molecular weight excluding hydrogens is 273 g/mol. The number of nitrogens with one attached hydrogen (secondary N) is 1. The van der Waals surface area contributed by atoms with Gasteiger partial charge < -0.3 is 14.8 Å². The van der Waals surface area contributed by atoms with Crippen molar-refractivity contribution in [2.24, 2.45) is 0 Å². The standard InChI is InChI=1S/C16H16FNO3/c1-10-14(20-2)7-11(8-15(10)21-3)16(19)18-13-6-4-5-12(17)9-13/h4-9H,1-3H3,(H,18,19). The Morgan fingerprint density at radius 2 is 1.71 bits per heavy atom. The van der Waals surface area contributed by atoms with Gasteiger partial charge >= 0.3 is 0 Å². The van der Waals surface area contributed by atoms with Crippen molar-refractivity contribution in [3.05, 3.63) is 53.3 Å². The van der Waals surface area contributed by atoms with E-state index in [1.165, 1.54) is 32.4 Å². The van der Waals surface area contributed by atoms with Gasteiger partial charge in [0.05, 0.1) is 14.2 Å². The molecule has 2 aromatic rings. The summed E-state index contributed by atoms with van der Waals surface area (Å²) in [5, 5.41) is 2.63. The molecule has 0 heterocycles. The van der Waals surface area contributed by atoms with Crippen molar-refractivity contribution in [1.82, 2.24) is 0 Å². The average Bonchev–Trinajstić information content (AvgIpc) is 2.47. The van der Waals surface area contributed by atoms with E-state index >= 15 is 0 Å². The molecule has 0 unspecified atom stereocenters. The molecule has 110 valence electrons. The maximum Gasteiger partial charge on any atom is 0.255 e. The summed E-state index contributed by atoms with van der Waals surface area (Å²) in [6.45, 7) is 1.84. The Kier molecular flexibility index (Phi) is 4.42. The maximum atomic E-state index is 13.1. The van der Waals surface area contributed by atoms with Crippen LogP contribution in [0.25, 0.3) is 0 Å². The van der Waals surface area contributed by atoms with Gasteiger partial charge in [0.2, 0.25) is 0 Å². The average molecular weight is 289 g/mol. The number of carbonyl (C=O) groups is 1. The largest absolute Gasteiger partial charge is 0.496 e. The van der Waals surface area contributed by atoms with Crippen LogP contribution in [0, 0.1) is 12.7 Å². The zero-order valence-electron chi connectivity index (χ0n) is 12.1. The minimum atomic E-state index is -0.410. The van der Waals surface area contributed by atoms with E-state index in [1.54, 1.807) is 18.2 Å². The van der Waals surface area contributed by atoms with Gasteiger partial charge in [-0.2, -0.15) is 0 Å². The molecule has 0 aliphatic carbocycles. The van der Waals surface area contributed by atoms with E-state index in [1.807, 2.05) is 6.92 Å². The van der Waals surface area contributed by atoms with Crippen molar-refractivity contribution < 1.29 is 18.7 Å². The van der Waals surface area contributed by atoms with Crippen LogP contribution in [0.2, 0.25) is 0 Å². The van der Waals surface area contributed by atoms with Crippen LogP contribution in [0.1, 0.15) is 15.9 Å². The SMILES string of the molecule is COc1cc(C(=O)Nc2cccc(F)c2)cc(OC)c1C. The fraction of sp³-hybridized carbons (Fsp3) is 0.188. The highest BCUT2D eigenvalue weighted by Crippen LogP contribution is 2.29. The Hall–Kier alpha value is -2.56. The first kappa shape index (κ1) is 14.8. The normalized spacial score (nSPS) is 10.1. The second-order valence-corrected chi connectivity index (χ2v) is 4.47. The highest BCUT2D eigenvalue weighted by molar-refractivity contribution is 6.04. The fourth-order valence-electron chi connectivity index (χ4n) is 1.99. The van der Waals surface area contributed by atoms with Crippen molar-refractivity contribution in [1.29, 1.82) is 0 Å². The Bertz CT molecular complexity index is 645. The molecule has 21 heavy (non-hydrogen) atoms. The summed E-state index contributed by atoms with van der Waals surface area (Å²) >= 11 is 0. The number of anilines is 1. The summed E-state index contributed by atoms with van der Waals surface area (Å²) in [7, 11) is 3.05. The molecule has 1 N–H and O–H groups in total. The van der Waals surface area contributed by atoms with Gasteiger partial charge in [-0.3, -0.25) is 4.79 Å². The quantitative estimate of drug-likeness (QED) is 0.938. The molecule has 2 aromatic carbocycles. The molecule has 0 atom stereocenters. The van der Waals surface area contributed by atoms with Crippen LogP contribution in [0.15, 0.2) is 36.4 Å². The van der Waals surface area contributed by atoms with Gasteiger partial charge in [-0.25, -0.2) is 4.39 Å². The van der Waals surface area contributed by atoms with E-state index in [0.717, 1.165) is 5.56 Å². The van der Waals surface area contributed by atoms with Crippen molar-refractivity contribution in [2.45, 2.75) is 6.92 Å². The molecule has 0 radical (unpaired) electrons. The lowest BCUT2D eigenvalue weighted by molar-refractivity contribution is 0.102. The van der Waals surface area contributed by atoms with Gasteiger partial charge in [-0.15, -0.1) is 0 Å². The molecule has 5 heteroatoms. The van der Waals surface area contributed by atoms with Crippen LogP contribution < -0.4 is 14.8 Å². The monoisotopic (exact) mass is 289 g/mol. The number of methoxy groups -OCH3 is 2. The number of halogens is 1. The van der Waals surface area contributed by atoms with E-state index in [4.69, 9.17) is 9.47 Å². The van der Waals surface area contributed by atoms with Gasteiger partial charge in [-0.1, -0.05) is 6.07 Å². The highest BCUT2D eigenvalue weighted by atomic mass is 19.1. The van der Waals surface area contributed by atoms with Gasteiger partial charge in [0.15, 0.2) is 0 Å². The van der Waals surface area contributed by atoms with E-state index in [-0.39, 0.29) is 5.91 Å². The molecule has 0 bridgehead atoms. The van der Waals surface area contributed by atoms with Crippen molar-refractivity contribution in [3.63, 3.8) is 0 Å². The van der Waals surface area contributed by atoms with Crippen LogP contribution in [-0.4, -0.2) is 20.1 Å². The Morgan fingerprint density at radius 1 is 1.10 bits per heavy atom. The first-order valence-electron chi connectivity index (χ1n) is 6.34. The molecule has 0 aromatic heterocycles. The molecule has 0 fully saturated rings. The fourth-order valence-corrected chi connectivity index (χ4v) is 1.99. The zero-order valence-corrected chi connectivity index (χ0v) is 12.1. The predicted octanol–water partition coefficient (Wildman–Crippen LogP) is 3.40. The minimum Gasteiger partial charge on any atom is -0.496 e. The number of amides is 1. The van der Waals surface area contributed by atoms with Crippen LogP contribution in [0.5, 0.6) is 11.5 Å². The van der Waals surface area contributed by atoms with Gasteiger partial charge in [0.25, 0.3) is 5.91 Å². The molecule has 0 aliphatic heterocycles. The maximum absolute atomic E-state index is 13.1. The first-order chi connectivity index (χ1) is 10.0. The van der Waals surface area contributed by atoms with Gasteiger partial charge in [0, 0.05) is 16.8 Å². The van der Waals surface area contributed by atoms with Crippen LogP contribution in [0.3, 0.4) is 0 Å². The van der Waals surface area contributed by atoms with Gasteiger partial charge in [-0.05, 0) is 37.3 Å². The topological polar surface area (TPSA) is 47.6 Å². The molecule has 1 amide bonds. The third-order valence-corrected chi connectivity index (χ3v) is 3.10. The lowest BCUT2D eigenvalue weighted by Crippen LogP contribution is -2.12. The van der Waals surface area contributed by atoms with Crippen molar-refractivity contribution >= 4 is 11.6 Å². The predicted molar refractivity (Wildman–Crippen MR) is 78.6 cm³/mol. The first-order valence-corrected chi connectivity index (χ1v) is 6.34. The molecule has 0 aliphatic rings. The van der Waals surface area contributed by atoms with Crippen molar-refractivity contribution in [2.75, 3.05) is 19.5 Å². The Labute approximate surface area is 122 Å². The van der Waals surface area contributed by atoms with E-state index in [2.05, 4.69) is 5.32 Å². The number of hydrogen-bond acceptors (Lipinski definition) is 3. The summed E-state index contributed by atoms with van der Waals surface area (Å²) in [4.78, 5) is 12.2. The smallest absolute Gasteiger partial charge is 0.255 e. The lowest BCUT2D eigenvalue weighted by Gasteiger charge is -2.12. The minimum absolute atomic E-state index is 0.364. The Balaban J connectivity index is 2.31. The molecule has 0 saturated heterocycles. The van der Waals surface area contributed by atoms with Crippen LogP contribution in [0.4, 0.5) is 10.1 Å². The molecule has 0 saturated carbocycles. The summed E-state index contributed by atoms with van der Waals surface area (Å²) in [6, 6.07) is 8.94. The lowest BCUT2D eigenvalue weighted by atomic mass is 10.1. The summed E-state index contributed by atoms with van der Waals surface area (Å²) in [5.74, 6) is 0.335. The summed E-state index contributed by atoms with van der Waals surface area (Å²) in [6.07, 6.45) is 0. The highest BCUT2D eigenvalue weighted by Gasteiger charge is 2.14. The molecule has 0 spiro atoms. The second kappa shape index (κ2) is 6.26. The van der Waals surface area contributed by atoms with Crippen LogP contribution >= 0.6 is 0 Å². The zero-order chi connectivity index (χ0) is 15.4. The molecular formula is C16H16FNO3. The summed E-state index contributed by atoms with van der Waals surface area (Å²) < 4.78 is 23.6. The van der Waals surface area contributed by atoms with E-state index in [9.17, 15) is 9.18 Å². The third kappa shape index (κ3) is 3.31. The number of ether oxygens (including phenoxy) is 2. The number of rotatable bonds is 4. The van der Waals surface area contributed by atoms with E-state index < -0.39 is 5.82 Å². The molecule has 2 rings (SSSR count).